The first-order valence-corrected chi connectivity index (χ1v) is 13.7. The number of hydrazine groups is 1. The number of benzene rings is 2. The van der Waals surface area contributed by atoms with E-state index in [1.54, 1.807) is 6.92 Å². The minimum atomic E-state index is -2.67. The van der Waals surface area contributed by atoms with Gasteiger partial charge in [-0.3, -0.25) is 5.43 Å². The molecular weight excluding hydrogens is 653 g/mol. The Bertz CT molecular complexity index is 1360. The monoisotopic (exact) mass is 672 g/mol. The summed E-state index contributed by atoms with van der Waals surface area (Å²) in [6, 6.07) is 5.44. The van der Waals surface area contributed by atoms with Crippen molar-refractivity contribution in [1.29, 1.82) is 0 Å². The number of esters is 2. The molecule has 16 heteroatoms. The summed E-state index contributed by atoms with van der Waals surface area (Å²) >= 11 is 37.2. The van der Waals surface area contributed by atoms with Gasteiger partial charge in [-0.1, -0.05) is 69.6 Å². The Kier molecular flexibility index (Phi) is 10.3. The van der Waals surface area contributed by atoms with E-state index in [9.17, 15) is 14.7 Å². The van der Waals surface area contributed by atoms with E-state index in [-0.39, 0.29) is 66.2 Å². The highest BCUT2D eigenvalue weighted by Crippen LogP contribution is 2.46. The molecule has 0 radical (unpaired) electrons. The van der Waals surface area contributed by atoms with Crippen LogP contribution >= 0.6 is 69.6 Å². The molecule has 0 bridgehead atoms. The summed E-state index contributed by atoms with van der Waals surface area (Å²) in [5, 5.41) is 21.5. The van der Waals surface area contributed by atoms with Crippen LogP contribution in [0.25, 0.3) is 0 Å². The molecule has 3 rings (SSSR count). The summed E-state index contributed by atoms with van der Waals surface area (Å²) in [5.74, 6) is -2.31. The number of halogens is 6. The number of rotatable bonds is 8. The zero-order chi connectivity index (χ0) is 30.0. The van der Waals surface area contributed by atoms with E-state index in [1.165, 1.54) is 38.1 Å². The van der Waals surface area contributed by atoms with E-state index >= 15 is 0 Å². The number of ether oxygens (including phenoxy) is 3. The van der Waals surface area contributed by atoms with Crippen LogP contribution in [0.2, 0.25) is 30.1 Å². The smallest absolute Gasteiger partial charge is 0.381 e. The number of allylic oxidation sites excluding steroid dienone is 1. The van der Waals surface area contributed by atoms with Crippen LogP contribution in [0.5, 0.6) is 0 Å². The molecule has 216 valence electrons. The highest BCUT2D eigenvalue weighted by molar-refractivity contribution is 6.42. The molecule has 10 nitrogen and oxygen atoms in total. The van der Waals surface area contributed by atoms with Gasteiger partial charge in [0.2, 0.25) is 5.72 Å². The van der Waals surface area contributed by atoms with E-state index in [1.807, 2.05) is 0 Å². The van der Waals surface area contributed by atoms with Crippen molar-refractivity contribution in [3.05, 3.63) is 65.9 Å². The number of hydrogen-bond donors (Lipinski definition) is 2. The highest BCUT2D eigenvalue weighted by Gasteiger charge is 2.66. The van der Waals surface area contributed by atoms with E-state index in [0.29, 0.717) is 0 Å². The summed E-state index contributed by atoms with van der Waals surface area (Å²) in [7, 11) is 0. The molecule has 40 heavy (non-hydrogen) atoms. The van der Waals surface area contributed by atoms with Crippen molar-refractivity contribution < 1.29 is 28.9 Å². The summed E-state index contributed by atoms with van der Waals surface area (Å²) < 4.78 is 16.2. The second-order valence-corrected chi connectivity index (χ2v) is 10.7. The number of aliphatic hydroxyl groups is 1. The van der Waals surface area contributed by atoms with Crippen molar-refractivity contribution in [3.63, 3.8) is 0 Å². The Balaban J connectivity index is 2.31. The SMILES string of the molecule is CCOC(=O)C1=C(C)OC(N=Nc2c(Cl)cc(Cl)cc2Cl)(C(=O)OCC)C(C)(O)N1Nc1c(Cl)cc(Cl)cc1Cl. The maximum atomic E-state index is 13.5. The molecule has 0 spiro atoms. The molecule has 0 aliphatic carbocycles. The van der Waals surface area contributed by atoms with Crippen LogP contribution in [-0.2, 0) is 23.8 Å². The van der Waals surface area contributed by atoms with Crippen LogP contribution in [0.3, 0.4) is 0 Å². The van der Waals surface area contributed by atoms with Gasteiger partial charge < -0.3 is 19.3 Å². The minimum absolute atomic E-state index is 0.00935. The van der Waals surface area contributed by atoms with Crippen LogP contribution in [0.15, 0.2) is 46.0 Å². The number of nitrogens with one attached hydrogen (secondary N) is 1. The number of hydrogen-bond acceptors (Lipinski definition) is 10. The van der Waals surface area contributed by atoms with Crippen molar-refractivity contribution in [2.24, 2.45) is 10.2 Å². The van der Waals surface area contributed by atoms with Gasteiger partial charge in [-0.15, -0.1) is 10.2 Å². The molecule has 2 N–H and O–H groups in total. The lowest BCUT2D eigenvalue weighted by Crippen LogP contribution is -2.70. The van der Waals surface area contributed by atoms with Crippen LogP contribution in [0.1, 0.15) is 27.7 Å². The molecule has 0 saturated carbocycles. The summed E-state index contributed by atoms with van der Waals surface area (Å²) in [6.07, 6.45) is 0. The Morgan fingerprint density at radius 1 is 0.950 bits per heavy atom. The first-order valence-electron chi connectivity index (χ1n) is 11.5. The molecule has 0 fully saturated rings. The molecule has 1 aliphatic rings. The fourth-order valence-electron chi connectivity index (χ4n) is 3.62. The van der Waals surface area contributed by atoms with E-state index in [2.05, 4.69) is 15.7 Å². The maximum absolute atomic E-state index is 13.5. The first kappa shape index (κ1) is 32.3. The Hall–Kier alpha value is -2.18. The first-order chi connectivity index (χ1) is 18.7. The number of carbonyl (C=O) groups is 2. The van der Waals surface area contributed by atoms with E-state index < -0.39 is 23.4 Å². The van der Waals surface area contributed by atoms with Gasteiger partial charge in [0, 0.05) is 10.0 Å². The second kappa shape index (κ2) is 12.8. The van der Waals surface area contributed by atoms with Crippen LogP contribution in [0.4, 0.5) is 11.4 Å². The lowest BCUT2D eigenvalue weighted by atomic mass is 9.97. The van der Waals surface area contributed by atoms with Crippen LogP contribution in [0, 0.1) is 0 Å². The molecule has 0 saturated heterocycles. The average Bonchev–Trinajstić information content (AvgIpc) is 2.83. The normalized spacial score (nSPS) is 20.9. The third-order valence-electron chi connectivity index (χ3n) is 5.46. The number of carbonyl (C=O) groups excluding carboxylic acids is 2. The molecule has 2 atom stereocenters. The fourth-order valence-corrected chi connectivity index (χ4v) is 5.42. The van der Waals surface area contributed by atoms with Crippen LogP contribution < -0.4 is 5.43 Å². The molecule has 0 amide bonds. The number of nitrogens with zero attached hydrogens (tertiary/aromatic N) is 3. The largest absolute Gasteiger partial charge is 0.461 e. The van der Waals surface area contributed by atoms with Gasteiger partial charge in [-0.2, -0.15) is 0 Å². The average molecular weight is 675 g/mol. The Morgan fingerprint density at radius 3 is 1.95 bits per heavy atom. The topological polar surface area (TPSA) is 122 Å². The molecular formula is C24H22Cl6N4O6. The van der Waals surface area contributed by atoms with Crippen molar-refractivity contribution >= 4 is 92.9 Å². The van der Waals surface area contributed by atoms with Crippen molar-refractivity contribution in [2.75, 3.05) is 18.6 Å². The van der Waals surface area contributed by atoms with Gasteiger partial charge in [0.1, 0.15) is 11.4 Å². The van der Waals surface area contributed by atoms with E-state index in [4.69, 9.17) is 83.8 Å². The molecule has 2 aromatic carbocycles. The van der Waals surface area contributed by atoms with Crippen molar-refractivity contribution in [1.82, 2.24) is 5.01 Å². The standard InChI is InChI=1S/C24H22Cl6N4O6/c1-5-38-21(35)20-11(3)40-24(22(36)39-6-2,33-31-18-14(27)7-12(25)8-15(18)28)23(4,37)34(20)32-19-16(29)9-13(26)10-17(19)30/h7-10,32,37H,5-6H2,1-4H3. The molecule has 2 aromatic rings. The molecule has 2 unspecified atom stereocenters. The second-order valence-electron chi connectivity index (χ2n) is 8.22. The third kappa shape index (κ3) is 6.18. The van der Waals surface area contributed by atoms with Gasteiger partial charge in [-0.05, 0) is 52.0 Å². The van der Waals surface area contributed by atoms with Crippen molar-refractivity contribution in [3.8, 4) is 0 Å². The van der Waals surface area contributed by atoms with Gasteiger partial charge in [0.25, 0.3) is 0 Å². The third-order valence-corrected chi connectivity index (χ3v) is 7.07. The zero-order valence-electron chi connectivity index (χ0n) is 21.3. The minimum Gasteiger partial charge on any atom is -0.461 e. The van der Waals surface area contributed by atoms with E-state index in [0.717, 1.165) is 11.9 Å². The lowest BCUT2D eigenvalue weighted by Gasteiger charge is -2.50. The van der Waals surface area contributed by atoms with Gasteiger partial charge in [-0.25, -0.2) is 14.6 Å². The van der Waals surface area contributed by atoms with Gasteiger partial charge in [0.15, 0.2) is 5.70 Å². The van der Waals surface area contributed by atoms with Crippen molar-refractivity contribution in [2.45, 2.75) is 39.1 Å². The number of anilines is 1. The zero-order valence-corrected chi connectivity index (χ0v) is 25.9. The predicted molar refractivity (Wildman–Crippen MR) is 153 cm³/mol. The maximum Gasteiger partial charge on any atom is 0.381 e. The fraction of sp³-hybridized carbons (Fsp3) is 0.333. The predicted octanol–water partition coefficient (Wildman–Crippen LogP) is 7.81. The quantitative estimate of drug-likeness (QED) is 0.215. The lowest BCUT2D eigenvalue weighted by molar-refractivity contribution is -0.243. The Morgan fingerprint density at radius 2 is 1.45 bits per heavy atom. The van der Waals surface area contributed by atoms with Crippen LogP contribution in [-0.4, -0.2) is 46.7 Å². The number of azo groups is 1. The van der Waals surface area contributed by atoms with Gasteiger partial charge >= 0.3 is 17.7 Å². The van der Waals surface area contributed by atoms with Gasteiger partial charge in [0.05, 0.1) is 39.0 Å². The molecule has 1 heterocycles. The summed E-state index contributed by atoms with van der Waals surface area (Å²) in [6.45, 7) is 5.41. The molecule has 1 aliphatic heterocycles. The summed E-state index contributed by atoms with van der Waals surface area (Å²) in [5.41, 5.74) is -2.90. The highest BCUT2D eigenvalue weighted by atomic mass is 35.5. The summed E-state index contributed by atoms with van der Waals surface area (Å²) in [4.78, 5) is 26.6. The molecule has 0 aromatic heterocycles. The Labute approximate surface area is 259 Å².